The smallest absolute Gasteiger partial charge is 0.253 e. The quantitative estimate of drug-likeness (QED) is 0.788. The van der Waals surface area contributed by atoms with Crippen LogP contribution in [0, 0.1) is 0 Å². The van der Waals surface area contributed by atoms with Crippen LogP contribution in [0.3, 0.4) is 0 Å². The standard InChI is InChI=1S/C15H17ClN6O2/c16-11-4-5-13(22-10-18-19-20-22)12(9-11)15(24)17-6-2-8-21-7-1-3-14(21)23/h4-5,9-10H,1-3,6-8H2,(H,17,24). The molecule has 24 heavy (non-hydrogen) atoms. The average molecular weight is 349 g/mol. The van der Waals surface area contributed by atoms with Crippen molar-refractivity contribution in [1.82, 2.24) is 30.4 Å². The van der Waals surface area contributed by atoms with Crippen molar-refractivity contribution in [2.45, 2.75) is 19.3 Å². The van der Waals surface area contributed by atoms with Gasteiger partial charge < -0.3 is 10.2 Å². The predicted molar refractivity (Wildman–Crippen MR) is 86.9 cm³/mol. The number of hydrogen-bond donors (Lipinski definition) is 1. The summed E-state index contributed by atoms with van der Waals surface area (Å²) in [7, 11) is 0. The van der Waals surface area contributed by atoms with Crippen molar-refractivity contribution >= 4 is 23.4 Å². The van der Waals surface area contributed by atoms with Crippen LogP contribution in [0.1, 0.15) is 29.6 Å². The van der Waals surface area contributed by atoms with E-state index in [1.54, 1.807) is 18.2 Å². The van der Waals surface area contributed by atoms with Gasteiger partial charge >= 0.3 is 0 Å². The second-order valence-electron chi connectivity index (χ2n) is 5.51. The Kier molecular flexibility index (Phi) is 5.05. The number of rotatable bonds is 6. The molecule has 2 heterocycles. The Bertz CT molecular complexity index is 734. The van der Waals surface area contributed by atoms with Gasteiger partial charge in [-0.1, -0.05) is 11.6 Å². The molecule has 1 aliphatic rings. The third-order valence-electron chi connectivity index (χ3n) is 3.86. The van der Waals surface area contributed by atoms with Gasteiger partial charge in [0.2, 0.25) is 5.91 Å². The molecule has 1 aliphatic heterocycles. The summed E-state index contributed by atoms with van der Waals surface area (Å²) in [5, 5.41) is 14.3. The Hall–Kier alpha value is -2.48. The van der Waals surface area contributed by atoms with Gasteiger partial charge in [0.15, 0.2) is 0 Å². The summed E-state index contributed by atoms with van der Waals surface area (Å²) in [6.45, 7) is 1.95. The van der Waals surface area contributed by atoms with Crippen LogP contribution < -0.4 is 5.32 Å². The lowest BCUT2D eigenvalue weighted by atomic mass is 10.1. The minimum Gasteiger partial charge on any atom is -0.352 e. The van der Waals surface area contributed by atoms with Gasteiger partial charge in [0, 0.05) is 31.1 Å². The van der Waals surface area contributed by atoms with E-state index in [4.69, 9.17) is 11.6 Å². The number of carbonyl (C=O) groups is 2. The van der Waals surface area contributed by atoms with Crippen molar-refractivity contribution in [2.75, 3.05) is 19.6 Å². The van der Waals surface area contributed by atoms with Gasteiger partial charge in [-0.05, 0) is 41.5 Å². The molecule has 9 heteroatoms. The monoisotopic (exact) mass is 348 g/mol. The van der Waals surface area contributed by atoms with Crippen LogP contribution in [-0.2, 0) is 4.79 Å². The topological polar surface area (TPSA) is 93.0 Å². The van der Waals surface area contributed by atoms with Crippen molar-refractivity contribution in [3.05, 3.63) is 35.1 Å². The van der Waals surface area contributed by atoms with Crippen LogP contribution >= 0.6 is 11.6 Å². The van der Waals surface area contributed by atoms with E-state index in [1.807, 2.05) is 4.90 Å². The maximum atomic E-state index is 12.4. The molecule has 0 spiro atoms. The Balaban J connectivity index is 1.60. The molecule has 2 amide bonds. The molecule has 3 rings (SSSR count). The molecule has 0 atom stereocenters. The molecule has 1 saturated heterocycles. The van der Waals surface area contributed by atoms with Crippen molar-refractivity contribution < 1.29 is 9.59 Å². The Morgan fingerprint density at radius 3 is 2.96 bits per heavy atom. The van der Waals surface area contributed by atoms with Gasteiger partial charge in [0.25, 0.3) is 5.91 Å². The van der Waals surface area contributed by atoms with Gasteiger partial charge in [-0.25, -0.2) is 0 Å². The maximum Gasteiger partial charge on any atom is 0.253 e. The van der Waals surface area contributed by atoms with Crippen LogP contribution in [0.2, 0.25) is 5.02 Å². The lowest BCUT2D eigenvalue weighted by Gasteiger charge is -2.15. The number of nitrogens with one attached hydrogen (secondary N) is 1. The first-order valence-corrected chi connectivity index (χ1v) is 8.12. The van der Waals surface area contributed by atoms with E-state index in [1.165, 1.54) is 11.0 Å². The zero-order chi connectivity index (χ0) is 16.9. The summed E-state index contributed by atoms with van der Waals surface area (Å²) in [5.74, 6) is -0.0621. The van der Waals surface area contributed by atoms with Gasteiger partial charge in [0.05, 0.1) is 11.3 Å². The Labute approximate surface area is 143 Å². The second-order valence-corrected chi connectivity index (χ2v) is 5.95. The third kappa shape index (κ3) is 3.70. The molecule has 126 valence electrons. The SMILES string of the molecule is O=C(NCCCN1CCCC1=O)c1cc(Cl)ccc1-n1cnnn1. The number of amides is 2. The molecule has 0 unspecified atom stereocenters. The minimum atomic E-state index is -0.254. The molecule has 8 nitrogen and oxygen atoms in total. The lowest BCUT2D eigenvalue weighted by Crippen LogP contribution is -2.31. The number of carbonyl (C=O) groups excluding carboxylic acids is 2. The fraction of sp³-hybridized carbons (Fsp3) is 0.400. The van der Waals surface area contributed by atoms with E-state index in [0.717, 1.165) is 13.0 Å². The molecule has 0 aliphatic carbocycles. The summed E-state index contributed by atoms with van der Waals surface area (Å²) in [5.41, 5.74) is 0.948. The normalized spacial score (nSPS) is 14.2. The molecular formula is C15H17ClN6O2. The maximum absolute atomic E-state index is 12.4. The molecular weight excluding hydrogens is 332 g/mol. The summed E-state index contributed by atoms with van der Waals surface area (Å²) in [6, 6.07) is 4.95. The van der Waals surface area contributed by atoms with Gasteiger partial charge in [-0.15, -0.1) is 5.10 Å². The number of nitrogens with zero attached hydrogens (tertiary/aromatic N) is 5. The molecule has 0 saturated carbocycles. The highest BCUT2D eigenvalue weighted by Crippen LogP contribution is 2.19. The second kappa shape index (κ2) is 7.39. The summed E-state index contributed by atoms with van der Waals surface area (Å²) < 4.78 is 1.41. The fourth-order valence-corrected chi connectivity index (χ4v) is 2.84. The lowest BCUT2D eigenvalue weighted by molar-refractivity contribution is -0.127. The van der Waals surface area contributed by atoms with Crippen molar-refractivity contribution in [3.8, 4) is 5.69 Å². The first-order valence-electron chi connectivity index (χ1n) is 7.74. The first-order chi connectivity index (χ1) is 11.6. The number of aromatic nitrogens is 4. The van der Waals surface area contributed by atoms with Gasteiger partial charge in [-0.3, -0.25) is 9.59 Å². The van der Waals surface area contributed by atoms with E-state index in [9.17, 15) is 9.59 Å². The van der Waals surface area contributed by atoms with Crippen LogP contribution in [0.15, 0.2) is 24.5 Å². The van der Waals surface area contributed by atoms with Crippen LogP contribution in [0.5, 0.6) is 0 Å². The van der Waals surface area contributed by atoms with E-state index >= 15 is 0 Å². The summed E-state index contributed by atoms with van der Waals surface area (Å²) in [6.07, 6.45) is 3.67. The predicted octanol–water partition coefficient (Wildman–Crippen LogP) is 1.06. The van der Waals surface area contributed by atoms with Crippen LogP contribution in [0.4, 0.5) is 0 Å². The number of benzene rings is 1. The van der Waals surface area contributed by atoms with Crippen molar-refractivity contribution in [3.63, 3.8) is 0 Å². The zero-order valence-corrected chi connectivity index (χ0v) is 13.7. The van der Waals surface area contributed by atoms with Gasteiger partial charge in [0.1, 0.15) is 6.33 Å². The Morgan fingerprint density at radius 1 is 1.38 bits per heavy atom. The van der Waals surface area contributed by atoms with Crippen molar-refractivity contribution in [2.24, 2.45) is 0 Å². The minimum absolute atomic E-state index is 0.192. The Morgan fingerprint density at radius 2 is 2.25 bits per heavy atom. The third-order valence-corrected chi connectivity index (χ3v) is 4.10. The van der Waals surface area contributed by atoms with Crippen molar-refractivity contribution in [1.29, 1.82) is 0 Å². The van der Waals surface area contributed by atoms with E-state index in [-0.39, 0.29) is 11.8 Å². The molecule has 1 fully saturated rings. The molecule has 1 aromatic heterocycles. The molecule has 0 bridgehead atoms. The number of hydrogen-bond acceptors (Lipinski definition) is 5. The fourth-order valence-electron chi connectivity index (χ4n) is 2.67. The van der Waals surface area contributed by atoms with Crippen LogP contribution in [0.25, 0.3) is 5.69 Å². The highest BCUT2D eigenvalue weighted by atomic mass is 35.5. The number of halogens is 1. The molecule has 1 aromatic carbocycles. The summed E-state index contributed by atoms with van der Waals surface area (Å²) >= 11 is 6.00. The van der Waals surface area contributed by atoms with Crippen LogP contribution in [-0.4, -0.2) is 56.6 Å². The number of tetrazole rings is 1. The summed E-state index contributed by atoms with van der Waals surface area (Å²) in [4.78, 5) is 25.8. The molecule has 1 N–H and O–H groups in total. The first kappa shape index (κ1) is 16.4. The largest absolute Gasteiger partial charge is 0.352 e. The molecule has 0 radical (unpaired) electrons. The highest BCUT2D eigenvalue weighted by Gasteiger charge is 2.19. The zero-order valence-electron chi connectivity index (χ0n) is 13.0. The van der Waals surface area contributed by atoms with E-state index < -0.39 is 0 Å². The number of likely N-dealkylation sites (tertiary alicyclic amines) is 1. The van der Waals surface area contributed by atoms with E-state index in [0.29, 0.717) is 42.2 Å². The van der Waals surface area contributed by atoms with Gasteiger partial charge in [-0.2, -0.15) is 4.68 Å². The molecule has 2 aromatic rings. The highest BCUT2D eigenvalue weighted by molar-refractivity contribution is 6.31. The average Bonchev–Trinajstić information content (AvgIpc) is 3.23. The van der Waals surface area contributed by atoms with E-state index in [2.05, 4.69) is 20.8 Å².